The van der Waals surface area contributed by atoms with Crippen LogP contribution in [0.3, 0.4) is 0 Å². The molecule has 2 aliphatic rings. The summed E-state index contributed by atoms with van der Waals surface area (Å²) in [6.45, 7) is 7.56. The van der Waals surface area contributed by atoms with Crippen LogP contribution >= 0.6 is 0 Å². The first-order valence-corrected chi connectivity index (χ1v) is 10.2. The molecule has 6 nitrogen and oxygen atoms in total. The van der Waals surface area contributed by atoms with E-state index in [1.165, 1.54) is 6.07 Å². The zero-order valence-electron chi connectivity index (χ0n) is 15.3. The molecule has 1 spiro atoms. The van der Waals surface area contributed by atoms with Gasteiger partial charge < -0.3 is 9.64 Å². The summed E-state index contributed by atoms with van der Waals surface area (Å²) in [5, 5.41) is 0. The number of likely N-dealkylation sites (tertiary alicyclic amines) is 1. The molecule has 2 aliphatic heterocycles. The number of sulfonamides is 1. The smallest absolute Gasteiger partial charge is 0.253 e. The van der Waals surface area contributed by atoms with Gasteiger partial charge in [0.1, 0.15) is 10.7 Å². The summed E-state index contributed by atoms with van der Waals surface area (Å²) < 4.78 is 47.0. The number of nitrogens with zero attached hydrogens (tertiary/aromatic N) is 1. The second-order valence-corrected chi connectivity index (χ2v) is 9.93. The third-order valence-electron chi connectivity index (χ3n) is 4.82. The van der Waals surface area contributed by atoms with Gasteiger partial charge in [-0.2, -0.15) is 0 Å². The van der Waals surface area contributed by atoms with E-state index < -0.39 is 26.3 Å². The molecule has 144 valence electrons. The molecule has 0 saturated carbocycles. The summed E-state index contributed by atoms with van der Waals surface area (Å²) >= 11 is 0. The summed E-state index contributed by atoms with van der Waals surface area (Å²) in [6.07, 6.45) is 1.80. The van der Waals surface area contributed by atoms with Crippen molar-refractivity contribution in [1.29, 1.82) is 0 Å². The first kappa shape index (κ1) is 19.3. The SMILES string of the molecule is CC(C)(C)NS(=O)(=O)c1cc(C(=O)N2CC[C@]3(CCOC3)C2)ccc1F. The molecule has 8 heteroatoms. The predicted octanol–water partition coefficient (Wildman–Crippen LogP) is 2.16. The fraction of sp³-hybridized carbons (Fsp3) is 0.611. The van der Waals surface area contributed by atoms with E-state index in [1.807, 2.05) is 0 Å². The van der Waals surface area contributed by atoms with Crippen molar-refractivity contribution in [2.24, 2.45) is 5.41 Å². The van der Waals surface area contributed by atoms with Gasteiger partial charge in [-0.25, -0.2) is 17.5 Å². The number of ether oxygens (including phenoxy) is 1. The molecule has 2 saturated heterocycles. The standard InChI is InChI=1S/C18H25FN2O4S/c1-17(2,3)20-26(23,24)15-10-13(4-5-14(15)19)16(22)21-8-6-18(11-21)7-9-25-12-18/h4-5,10,20H,6-9,11-12H2,1-3H3/t18-/m0/s1. The van der Waals surface area contributed by atoms with Gasteiger partial charge >= 0.3 is 0 Å². The van der Waals surface area contributed by atoms with Crippen molar-refractivity contribution in [2.75, 3.05) is 26.3 Å². The van der Waals surface area contributed by atoms with Gasteiger partial charge in [0.05, 0.1) is 6.61 Å². The van der Waals surface area contributed by atoms with Gasteiger partial charge in [-0.1, -0.05) is 0 Å². The Balaban J connectivity index is 1.84. The van der Waals surface area contributed by atoms with Crippen LogP contribution in [-0.2, 0) is 14.8 Å². The molecule has 1 amide bonds. The van der Waals surface area contributed by atoms with Crippen LogP contribution in [0, 0.1) is 11.2 Å². The summed E-state index contributed by atoms with van der Waals surface area (Å²) in [7, 11) is -4.07. The van der Waals surface area contributed by atoms with Crippen molar-refractivity contribution in [2.45, 2.75) is 44.0 Å². The van der Waals surface area contributed by atoms with Gasteiger partial charge in [0.25, 0.3) is 5.91 Å². The Labute approximate surface area is 153 Å². The van der Waals surface area contributed by atoms with Gasteiger partial charge in [-0.3, -0.25) is 4.79 Å². The molecule has 1 aromatic carbocycles. The maximum Gasteiger partial charge on any atom is 0.253 e. The minimum Gasteiger partial charge on any atom is -0.381 e. The molecule has 0 bridgehead atoms. The number of carbonyl (C=O) groups is 1. The Morgan fingerprint density at radius 1 is 1.31 bits per heavy atom. The normalized spacial score (nSPS) is 23.8. The van der Waals surface area contributed by atoms with Crippen molar-refractivity contribution in [3.05, 3.63) is 29.6 Å². The highest BCUT2D eigenvalue weighted by molar-refractivity contribution is 7.89. The number of rotatable bonds is 3. The van der Waals surface area contributed by atoms with Crippen LogP contribution in [0.2, 0.25) is 0 Å². The quantitative estimate of drug-likeness (QED) is 0.867. The minimum absolute atomic E-state index is 0.0123. The van der Waals surface area contributed by atoms with Gasteiger partial charge in [-0.15, -0.1) is 0 Å². The van der Waals surface area contributed by atoms with Crippen molar-refractivity contribution in [1.82, 2.24) is 9.62 Å². The van der Waals surface area contributed by atoms with Crippen LogP contribution in [0.1, 0.15) is 44.0 Å². The largest absolute Gasteiger partial charge is 0.381 e. The average Bonchev–Trinajstić information content (AvgIpc) is 3.15. The Morgan fingerprint density at radius 2 is 2.04 bits per heavy atom. The van der Waals surface area contributed by atoms with E-state index in [0.717, 1.165) is 25.0 Å². The molecule has 2 heterocycles. The van der Waals surface area contributed by atoms with Crippen molar-refractivity contribution < 1.29 is 22.3 Å². The Morgan fingerprint density at radius 3 is 2.65 bits per heavy atom. The fourth-order valence-corrected chi connectivity index (χ4v) is 5.09. The number of hydrogen-bond donors (Lipinski definition) is 1. The predicted molar refractivity (Wildman–Crippen MR) is 94.9 cm³/mol. The van der Waals surface area contributed by atoms with E-state index in [-0.39, 0.29) is 16.9 Å². The first-order valence-electron chi connectivity index (χ1n) is 8.72. The van der Waals surface area contributed by atoms with E-state index in [9.17, 15) is 17.6 Å². The summed E-state index contributed by atoms with van der Waals surface area (Å²) in [6, 6.07) is 3.50. The van der Waals surface area contributed by atoms with Crippen LogP contribution in [0.4, 0.5) is 4.39 Å². The highest BCUT2D eigenvalue weighted by Crippen LogP contribution is 2.38. The minimum atomic E-state index is -4.07. The Bertz CT molecular complexity index is 811. The highest BCUT2D eigenvalue weighted by atomic mass is 32.2. The molecule has 1 atom stereocenters. The summed E-state index contributed by atoms with van der Waals surface area (Å²) in [5.74, 6) is -1.15. The second kappa shape index (κ2) is 6.58. The van der Waals surface area contributed by atoms with E-state index in [2.05, 4.69) is 4.72 Å². The van der Waals surface area contributed by atoms with Crippen LogP contribution in [0.5, 0.6) is 0 Å². The molecule has 2 fully saturated rings. The van der Waals surface area contributed by atoms with Crippen LogP contribution < -0.4 is 4.72 Å². The third kappa shape index (κ3) is 3.92. The zero-order valence-corrected chi connectivity index (χ0v) is 16.2. The van der Waals surface area contributed by atoms with E-state index in [4.69, 9.17) is 4.74 Å². The number of benzene rings is 1. The zero-order chi connectivity index (χ0) is 19.2. The maximum atomic E-state index is 14.2. The Kier molecular flexibility index (Phi) is 4.87. The van der Waals surface area contributed by atoms with Crippen LogP contribution in [0.25, 0.3) is 0 Å². The average molecular weight is 384 g/mol. The number of halogens is 1. The van der Waals surface area contributed by atoms with Gasteiger partial charge in [0.2, 0.25) is 10.0 Å². The third-order valence-corrected chi connectivity index (χ3v) is 6.59. The lowest BCUT2D eigenvalue weighted by Crippen LogP contribution is -2.41. The molecule has 0 aliphatic carbocycles. The molecule has 0 unspecified atom stereocenters. The lowest BCUT2D eigenvalue weighted by molar-refractivity contribution is 0.0765. The molecule has 1 N–H and O–H groups in total. The molecule has 26 heavy (non-hydrogen) atoms. The molecular weight excluding hydrogens is 359 g/mol. The number of carbonyl (C=O) groups excluding carboxylic acids is 1. The van der Waals surface area contributed by atoms with E-state index in [0.29, 0.717) is 26.3 Å². The number of nitrogens with one attached hydrogen (secondary N) is 1. The molecule has 0 radical (unpaired) electrons. The summed E-state index contributed by atoms with van der Waals surface area (Å²) in [4.78, 5) is 14.0. The van der Waals surface area contributed by atoms with Crippen molar-refractivity contribution >= 4 is 15.9 Å². The highest BCUT2D eigenvalue weighted by Gasteiger charge is 2.43. The van der Waals surface area contributed by atoms with Gasteiger partial charge in [0, 0.05) is 36.2 Å². The topological polar surface area (TPSA) is 75.7 Å². The lowest BCUT2D eigenvalue weighted by atomic mass is 9.87. The second-order valence-electron chi connectivity index (χ2n) is 8.28. The van der Waals surface area contributed by atoms with Gasteiger partial charge in [-0.05, 0) is 51.8 Å². The molecule has 0 aromatic heterocycles. The van der Waals surface area contributed by atoms with Crippen molar-refractivity contribution in [3.63, 3.8) is 0 Å². The number of hydrogen-bond acceptors (Lipinski definition) is 4. The number of amides is 1. The Hall–Kier alpha value is -1.51. The van der Waals surface area contributed by atoms with Crippen LogP contribution in [0.15, 0.2) is 23.1 Å². The molecule has 3 rings (SSSR count). The lowest BCUT2D eigenvalue weighted by Gasteiger charge is -2.23. The van der Waals surface area contributed by atoms with Gasteiger partial charge in [0.15, 0.2) is 0 Å². The van der Waals surface area contributed by atoms with E-state index >= 15 is 0 Å². The van der Waals surface area contributed by atoms with Crippen LogP contribution in [-0.4, -0.2) is 51.1 Å². The summed E-state index contributed by atoms with van der Waals surface area (Å²) in [5.41, 5.74) is -0.565. The monoisotopic (exact) mass is 384 g/mol. The van der Waals surface area contributed by atoms with E-state index in [1.54, 1.807) is 25.7 Å². The molecule has 1 aromatic rings. The maximum absolute atomic E-state index is 14.2. The first-order chi connectivity index (χ1) is 12.0. The van der Waals surface area contributed by atoms with Crippen molar-refractivity contribution in [3.8, 4) is 0 Å². The molecular formula is C18H25FN2O4S. The fourth-order valence-electron chi connectivity index (χ4n) is 3.56.